The van der Waals surface area contributed by atoms with Crippen LogP contribution in [0.1, 0.15) is 53.4 Å². The van der Waals surface area contributed by atoms with Gasteiger partial charge in [-0.1, -0.05) is 20.3 Å². The van der Waals surface area contributed by atoms with Crippen LogP contribution < -0.4 is 11.1 Å². The molecular formula is C14H28N2O2. The lowest BCUT2D eigenvalue weighted by molar-refractivity contribution is -0.131. The molecule has 1 aliphatic carbocycles. The minimum Gasteiger partial charge on any atom is -0.388 e. The zero-order valence-corrected chi connectivity index (χ0v) is 12.1. The van der Waals surface area contributed by atoms with E-state index in [0.29, 0.717) is 18.9 Å². The molecular weight excluding hydrogens is 228 g/mol. The molecule has 3 unspecified atom stereocenters. The van der Waals surface area contributed by atoms with Crippen LogP contribution >= 0.6 is 0 Å². The first kappa shape index (κ1) is 15.4. The van der Waals surface area contributed by atoms with Gasteiger partial charge in [0.15, 0.2) is 0 Å². The maximum absolute atomic E-state index is 12.2. The van der Waals surface area contributed by atoms with Gasteiger partial charge in [-0.15, -0.1) is 0 Å². The van der Waals surface area contributed by atoms with Crippen LogP contribution in [0.3, 0.4) is 0 Å². The summed E-state index contributed by atoms with van der Waals surface area (Å²) in [4.78, 5) is 12.2. The summed E-state index contributed by atoms with van der Waals surface area (Å²) in [6.45, 7) is 8.11. The van der Waals surface area contributed by atoms with Crippen LogP contribution in [0, 0.1) is 11.3 Å². The predicted molar refractivity (Wildman–Crippen MR) is 73.0 cm³/mol. The van der Waals surface area contributed by atoms with E-state index >= 15 is 0 Å². The van der Waals surface area contributed by atoms with Crippen LogP contribution in [0.15, 0.2) is 0 Å². The molecule has 4 N–H and O–H groups in total. The average molecular weight is 256 g/mol. The van der Waals surface area contributed by atoms with Crippen LogP contribution in [-0.4, -0.2) is 29.2 Å². The van der Waals surface area contributed by atoms with E-state index in [4.69, 9.17) is 5.73 Å². The number of amides is 1. The highest BCUT2D eigenvalue weighted by molar-refractivity contribution is 5.83. The van der Waals surface area contributed by atoms with Gasteiger partial charge in [0, 0.05) is 12.6 Å². The molecule has 0 spiro atoms. The number of nitrogens with one attached hydrogen (secondary N) is 1. The molecule has 0 aromatic rings. The Morgan fingerprint density at radius 3 is 2.67 bits per heavy atom. The van der Waals surface area contributed by atoms with Gasteiger partial charge < -0.3 is 16.2 Å². The van der Waals surface area contributed by atoms with Gasteiger partial charge in [-0.05, 0) is 39.0 Å². The Bertz CT molecular complexity index is 302. The number of nitrogens with two attached hydrogens (primary N) is 1. The SMILES string of the molecule is CC(C)CC(C)(O)CNC(=O)C1(C)CCCC1N. The van der Waals surface area contributed by atoms with Gasteiger partial charge in [-0.3, -0.25) is 4.79 Å². The van der Waals surface area contributed by atoms with E-state index in [9.17, 15) is 9.90 Å². The number of hydrogen-bond donors (Lipinski definition) is 3. The first-order chi connectivity index (χ1) is 8.17. The molecule has 1 rings (SSSR count). The summed E-state index contributed by atoms with van der Waals surface area (Å²) in [5, 5.41) is 13.1. The van der Waals surface area contributed by atoms with Crippen LogP contribution in [0.2, 0.25) is 0 Å². The second-order valence-electron chi connectivity index (χ2n) is 6.69. The van der Waals surface area contributed by atoms with E-state index in [1.54, 1.807) is 6.92 Å². The van der Waals surface area contributed by atoms with Crippen LogP contribution in [0.25, 0.3) is 0 Å². The molecule has 0 saturated heterocycles. The highest BCUT2D eigenvalue weighted by Crippen LogP contribution is 2.36. The second-order valence-corrected chi connectivity index (χ2v) is 6.69. The predicted octanol–water partition coefficient (Wildman–Crippen LogP) is 1.42. The second kappa shape index (κ2) is 5.57. The quantitative estimate of drug-likeness (QED) is 0.696. The van der Waals surface area contributed by atoms with Gasteiger partial charge in [0.25, 0.3) is 0 Å². The Labute approximate surface area is 110 Å². The molecule has 1 fully saturated rings. The third-order valence-corrected chi connectivity index (χ3v) is 4.03. The van der Waals surface area contributed by atoms with Gasteiger partial charge >= 0.3 is 0 Å². The first-order valence-electron chi connectivity index (χ1n) is 6.94. The maximum Gasteiger partial charge on any atom is 0.227 e. The molecule has 106 valence electrons. The highest BCUT2D eigenvalue weighted by atomic mass is 16.3. The topological polar surface area (TPSA) is 75.3 Å². The van der Waals surface area contributed by atoms with Crippen LogP contribution in [-0.2, 0) is 4.79 Å². The van der Waals surface area contributed by atoms with E-state index in [0.717, 1.165) is 19.3 Å². The minimum atomic E-state index is -0.844. The first-order valence-corrected chi connectivity index (χ1v) is 6.94. The Morgan fingerprint density at radius 1 is 1.61 bits per heavy atom. The molecule has 18 heavy (non-hydrogen) atoms. The summed E-state index contributed by atoms with van der Waals surface area (Å²) in [7, 11) is 0. The summed E-state index contributed by atoms with van der Waals surface area (Å²) in [6.07, 6.45) is 3.43. The Morgan fingerprint density at radius 2 is 2.22 bits per heavy atom. The standard InChI is InChI=1S/C14H28N2O2/c1-10(2)8-13(3,18)9-16-12(17)14(4)7-5-6-11(14)15/h10-11,18H,5-9,15H2,1-4H3,(H,16,17). The number of carbonyl (C=O) groups is 1. The molecule has 4 heteroatoms. The third-order valence-electron chi connectivity index (χ3n) is 4.03. The Hall–Kier alpha value is -0.610. The van der Waals surface area contributed by atoms with Gasteiger partial charge in [0.05, 0.1) is 11.0 Å². The lowest BCUT2D eigenvalue weighted by Gasteiger charge is -2.31. The monoisotopic (exact) mass is 256 g/mol. The molecule has 1 saturated carbocycles. The molecule has 0 aromatic heterocycles. The van der Waals surface area contributed by atoms with Crippen LogP contribution in [0.4, 0.5) is 0 Å². The molecule has 4 nitrogen and oxygen atoms in total. The lowest BCUT2D eigenvalue weighted by Crippen LogP contribution is -2.51. The van der Waals surface area contributed by atoms with Crippen molar-refractivity contribution in [2.45, 2.75) is 65.0 Å². The van der Waals surface area contributed by atoms with Crippen molar-refractivity contribution in [3.05, 3.63) is 0 Å². The Kier molecular flexibility index (Phi) is 4.78. The van der Waals surface area contributed by atoms with Gasteiger partial charge in [-0.2, -0.15) is 0 Å². The van der Waals surface area contributed by atoms with Crippen molar-refractivity contribution < 1.29 is 9.90 Å². The summed E-state index contributed by atoms with van der Waals surface area (Å²) >= 11 is 0. The molecule has 0 aliphatic heterocycles. The third kappa shape index (κ3) is 3.69. The molecule has 0 radical (unpaired) electrons. The molecule has 1 amide bonds. The lowest BCUT2D eigenvalue weighted by atomic mass is 9.84. The zero-order chi connectivity index (χ0) is 14.0. The number of hydrogen-bond acceptors (Lipinski definition) is 3. The number of aliphatic hydroxyl groups is 1. The smallest absolute Gasteiger partial charge is 0.227 e. The van der Waals surface area contributed by atoms with E-state index < -0.39 is 11.0 Å². The van der Waals surface area contributed by atoms with Gasteiger partial charge in [0.1, 0.15) is 0 Å². The number of rotatable bonds is 5. The maximum atomic E-state index is 12.2. The zero-order valence-electron chi connectivity index (χ0n) is 12.1. The molecule has 0 bridgehead atoms. The highest BCUT2D eigenvalue weighted by Gasteiger charge is 2.43. The van der Waals surface area contributed by atoms with E-state index in [2.05, 4.69) is 19.2 Å². The fraction of sp³-hybridized carbons (Fsp3) is 0.929. The minimum absolute atomic E-state index is 0.0171. The molecule has 0 aromatic carbocycles. The Balaban J connectivity index is 2.51. The summed E-state index contributed by atoms with van der Waals surface area (Å²) in [5.41, 5.74) is 4.70. The van der Waals surface area contributed by atoms with Crippen molar-refractivity contribution in [1.82, 2.24) is 5.32 Å². The van der Waals surface area contributed by atoms with Crippen molar-refractivity contribution in [3.63, 3.8) is 0 Å². The van der Waals surface area contributed by atoms with E-state index in [-0.39, 0.29) is 11.9 Å². The summed E-state index contributed by atoms with van der Waals surface area (Å²) in [6, 6.07) is -0.0625. The van der Waals surface area contributed by atoms with E-state index in [1.807, 2.05) is 6.92 Å². The van der Waals surface area contributed by atoms with Crippen molar-refractivity contribution in [2.75, 3.05) is 6.54 Å². The van der Waals surface area contributed by atoms with Gasteiger partial charge in [-0.25, -0.2) is 0 Å². The molecule has 1 aliphatic rings. The average Bonchev–Trinajstić information content (AvgIpc) is 2.55. The van der Waals surface area contributed by atoms with Gasteiger partial charge in [0.2, 0.25) is 5.91 Å². The summed E-state index contributed by atoms with van der Waals surface area (Å²) < 4.78 is 0. The van der Waals surface area contributed by atoms with Crippen molar-refractivity contribution >= 4 is 5.91 Å². The molecule has 0 heterocycles. The largest absolute Gasteiger partial charge is 0.388 e. The van der Waals surface area contributed by atoms with Crippen molar-refractivity contribution in [2.24, 2.45) is 17.1 Å². The number of carbonyl (C=O) groups excluding carboxylic acids is 1. The van der Waals surface area contributed by atoms with Crippen molar-refractivity contribution in [1.29, 1.82) is 0 Å². The molecule has 3 atom stereocenters. The summed E-state index contributed by atoms with van der Waals surface area (Å²) in [5.74, 6) is 0.387. The fourth-order valence-electron chi connectivity index (χ4n) is 2.90. The van der Waals surface area contributed by atoms with Crippen molar-refractivity contribution in [3.8, 4) is 0 Å². The van der Waals surface area contributed by atoms with Crippen LogP contribution in [0.5, 0.6) is 0 Å². The van der Waals surface area contributed by atoms with E-state index in [1.165, 1.54) is 0 Å². The normalized spacial score (nSPS) is 31.4. The fourth-order valence-corrected chi connectivity index (χ4v) is 2.90.